The summed E-state index contributed by atoms with van der Waals surface area (Å²) in [7, 11) is 0. The van der Waals surface area contributed by atoms with Crippen LogP contribution < -0.4 is 5.73 Å². The van der Waals surface area contributed by atoms with Crippen LogP contribution in [0.4, 0.5) is 0 Å². The normalized spacial score (nSPS) is 13.4. The number of rotatable bonds is 7. The minimum Gasteiger partial charge on any atom is -0.321 e. The largest absolute Gasteiger partial charge is 0.321 e. The molecule has 0 spiro atoms. The second-order valence-corrected chi connectivity index (χ2v) is 14.3. The molecule has 9 aromatic rings. The topological polar surface area (TPSA) is 51.8 Å². The molecule has 0 amide bonds. The first-order chi connectivity index (χ1) is 25.4. The summed E-state index contributed by atoms with van der Waals surface area (Å²) in [6.07, 6.45) is 0.723. The molecule has 0 fully saturated rings. The molecule has 7 aromatic carbocycles. The Balaban J connectivity index is 1.01. The van der Waals surface area contributed by atoms with Gasteiger partial charge in [0.15, 0.2) is 0 Å². The average molecular weight is 670 g/mol. The van der Waals surface area contributed by atoms with Crippen molar-refractivity contribution in [1.82, 2.24) is 9.97 Å². The smallest absolute Gasteiger partial charge is 0.0715 e. The molecule has 0 saturated carbocycles. The fourth-order valence-corrected chi connectivity index (χ4v) is 8.05. The van der Waals surface area contributed by atoms with E-state index in [1.807, 2.05) is 0 Å². The summed E-state index contributed by atoms with van der Waals surface area (Å²) in [6.45, 7) is 4.45. The third-order valence-corrected chi connectivity index (χ3v) is 10.8. The Bertz CT molecular complexity index is 2640. The summed E-state index contributed by atoms with van der Waals surface area (Å²) in [5.41, 5.74) is 20.4. The molecule has 9 rings (SSSR count). The highest BCUT2D eigenvalue weighted by atomic mass is 14.7. The van der Waals surface area contributed by atoms with Crippen molar-refractivity contribution in [2.24, 2.45) is 5.73 Å². The number of aromatic nitrogens is 2. The monoisotopic (exact) mass is 669 g/mol. The van der Waals surface area contributed by atoms with E-state index in [0.717, 1.165) is 44.8 Å². The number of nitrogens with zero attached hydrogens (tertiary/aromatic N) is 2. The second-order valence-electron chi connectivity index (χ2n) is 14.3. The minimum atomic E-state index is -0.565. The molecule has 0 radical (unpaired) electrons. The van der Waals surface area contributed by atoms with Crippen molar-refractivity contribution in [3.63, 3.8) is 0 Å². The Morgan fingerprint density at radius 1 is 0.481 bits per heavy atom. The van der Waals surface area contributed by atoms with Crippen LogP contribution in [0.3, 0.4) is 0 Å². The predicted octanol–water partition coefficient (Wildman–Crippen LogP) is 12.0. The van der Waals surface area contributed by atoms with Gasteiger partial charge in [0.2, 0.25) is 0 Å². The summed E-state index contributed by atoms with van der Waals surface area (Å²) in [5.74, 6) is 0.197. The molecule has 0 aliphatic heterocycles. The number of fused-ring (bicyclic) bond motifs is 4. The maximum Gasteiger partial charge on any atom is 0.0715 e. The lowest BCUT2D eigenvalue weighted by Crippen LogP contribution is -2.35. The van der Waals surface area contributed by atoms with Gasteiger partial charge in [-0.2, -0.15) is 0 Å². The van der Waals surface area contributed by atoms with E-state index in [2.05, 4.69) is 184 Å². The lowest BCUT2D eigenvalue weighted by molar-refractivity contribution is 0.489. The summed E-state index contributed by atoms with van der Waals surface area (Å²) in [4.78, 5) is 9.87. The molecule has 2 heterocycles. The first-order valence-corrected chi connectivity index (χ1v) is 18.1. The van der Waals surface area contributed by atoms with Crippen molar-refractivity contribution in [2.75, 3.05) is 0 Å². The van der Waals surface area contributed by atoms with Gasteiger partial charge < -0.3 is 5.73 Å². The molecule has 2 aromatic heterocycles. The molecular formula is C49H39N3. The maximum atomic E-state index is 7.21. The van der Waals surface area contributed by atoms with Gasteiger partial charge in [0.25, 0.3) is 0 Å². The zero-order valence-corrected chi connectivity index (χ0v) is 29.4. The summed E-state index contributed by atoms with van der Waals surface area (Å²) < 4.78 is 0. The predicted molar refractivity (Wildman–Crippen MR) is 219 cm³/mol. The number of benzene rings is 7. The maximum absolute atomic E-state index is 7.21. The summed E-state index contributed by atoms with van der Waals surface area (Å²) in [6, 6.07) is 60.4. The lowest BCUT2D eigenvalue weighted by Gasteiger charge is -2.28. The fourth-order valence-electron chi connectivity index (χ4n) is 8.05. The Morgan fingerprint density at radius 2 is 0.865 bits per heavy atom. The van der Waals surface area contributed by atoms with Crippen molar-refractivity contribution < 1.29 is 0 Å². The lowest BCUT2D eigenvalue weighted by atomic mass is 9.81. The highest BCUT2D eigenvalue weighted by Gasteiger charge is 2.25. The van der Waals surface area contributed by atoms with Crippen LogP contribution in [-0.4, -0.2) is 9.97 Å². The van der Waals surface area contributed by atoms with Crippen molar-refractivity contribution in [2.45, 2.75) is 31.7 Å². The average Bonchev–Trinajstić information content (AvgIpc) is 3.19. The number of para-hydroxylation sites is 4. The third-order valence-electron chi connectivity index (χ3n) is 10.8. The van der Waals surface area contributed by atoms with Crippen LogP contribution in [0.25, 0.3) is 65.9 Å². The Hall–Kier alpha value is -6.16. The van der Waals surface area contributed by atoms with Gasteiger partial charge in [-0.25, -0.2) is 9.97 Å². The van der Waals surface area contributed by atoms with E-state index < -0.39 is 5.54 Å². The molecule has 3 nitrogen and oxygen atoms in total. The number of hydrogen-bond acceptors (Lipinski definition) is 3. The Labute approximate surface area is 304 Å². The van der Waals surface area contributed by atoms with Crippen LogP contribution in [0.15, 0.2) is 170 Å². The van der Waals surface area contributed by atoms with E-state index in [1.165, 1.54) is 49.7 Å². The Kier molecular flexibility index (Phi) is 7.87. The van der Waals surface area contributed by atoms with Gasteiger partial charge in [0.1, 0.15) is 0 Å². The number of pyridine rings is 2. The molecule has 3 heteroatoms. The Morgan fingerprint density at radius 3 is 1.33 bits per heavy atom. The SMILES string of the molecule is CC(c1ccc(-c2c3ccccc3nc3ccccc23)cc1)c1ccccc1CC(C)(N)c1ccc(-c2c3ccccc3nc3ccccc23)cc1. The zero-order valence-electron chi connectivity index (χ0n) is 29.4. The third kappa shape index (κ3) is 5.60. The fraction of sp³-hybridized carbons (Fsp3) is 0.102. The van der Waals surface area contributed by atoms with Crippen LogP contribution in [0.2, 0.25) is 0 Å². The number of hydrogen-bond donors (Lipinski definition) is 1. The summed E-state index contributed by atoms with van der Waals surface area (Å²) in [5, 5.41) is 4.65. The summed E-state index contributed by atoms with van der Waals surface area (Å²) >= 11 is 0. The molecular weight excluding hydrogens is 631 g/mol. The van der Waals surface area contributed by atoms with Crippen molar-refractivity contribution in [3.8, 4) is 22.3 Å². The van der Waals surface area contributed by atoms with Crippen molar-refractivity contribution in [3.05, 3.63) is 192 Å². The molecule has 0 saturated heterocycles. The van der Waals surface area contributed by atoms with Gasteiger partial charge in [-0.15, -0.1) is 0 Å². The molecule has 250 valence electrons. The number of nitrogens with two attached hydrogens (primary N) is 1. The van der Waals surface area contributed by atoms with Crippen LogP contribution >= 0.6 is 0 Å². The van der Waals surface area contributed by atoms with E-state index in [4.69, 9.17) is 15.7 Å². The van der Waals surface area contributed by atoms with E-state index in [9.17, 15) is 0 Å². The highest BCUT2D eigenvalue weighted by molar-refractivity contribution is 6.10. The van der Waals surface area contributed by atoms with Gasteiger partial charge in [0.05, 0.1) is 22.1 Å². The van der Waals surface area contributed by atoms with Gasteiger partial charge in [0, 0.05) is 44.1 Å². The van der Waals surface area contributed by atoms with Crippen LogP contribution in [-0.2, 0) is 12.0 Å². The highest BCUT2D eigenvalue weighted by Crippen LogP contribution is 2.38. The molecule has 0 aliphatic rings. The van der Waals surface area contributed by atoms with Gasteiger partial charge >= 0.3 is 0 Å². The van der Waals surface area contributed by atoms with Gasteiger partial charge in [-0.3, -0.25) is 0 Å². The van der Waals surface area contributed by atoms with Crippen molar-refractivity contribution in [1.29, 1.82) is 0 Å². The van der Waals surface area contributed by atoms with Gasteiger partial charge in [-0.1, -0.05) is 153 Å². The second kappa shape index (κ2) is 12.9. The van der Waals surface area contributed by atoms with Crippen LogP contribution in [0.5, 0.6) is 0 Å². The quantitative estimate of drug-likeness (QED) is 0.172. The van der Waals surface area contributed by atoms with Gasteiger partial charge in [-0.05, 0) is 71.0 Å². The molecule has 2 N–H and O–H groups in total. The first kappa shape index (κ1) is 31.8. The zero-order chi connectivity index (χ0) is 35.2. The molecule has 0 bridgehead atoms. The van der Waals surface area contributed by atoms with Crippen molar-refractivity contribution >= 4 is 43.6 Å². The van der Waals surface area contributed by atoms with Crippen LogP contribution in [0.1, 0.15) is 42.0 Å². The minimum absolute atomic E-state index is 0.197. The van der Waals surface area contributed by atoms with Crippen LogP contribution in [0, 0.1) is 0 Å². The molecule has 2 atom stereocenters. The van der Waals surface area contributed by atoms with E-state index in [-0.39, 0.29) is 5.92 Å². The standard InChI is InChI=1S/C49H39N3/c1-32(33-23-25-34(26-24-33)47-39-15-5-9-19-43(39)51-44-20-10-6-16-40(44)47)38-14-4-3-13-36(38)31-49(2,50)37-29-27-35(28-30-37)48-41-17-7-11-21-45(41)52-46-22-12-8-18-42(46)48/h3-30,32H,31,50H2,1-2H3. The molecule has 52 heavy (non-hydrogen) atoms. The van der Waals surface area contributed by atoms with E-state index in [0.29, 0.717) is 0 Å². The van der Waals surface area contributed by atoms with E-state index in [1.54, 1.807) is 0 Å². The molecule has 0 aliphatic carbocycles. The van der Waals surface area contributed by atoms with E-state index >= 15 is 0 Å². The first-order valence-electron chi connectivity index (χ1n) is 18.1. The molecule has 2 unspecified atom stereocenters.